The highest BCUT2D eigenvalue weighted by molar-refractivity contribution is 5.77. The van der Waals surface area contributed by atoms with Gasteiger partial charge in [-0.15, -0.1) is 5.10 Å². The average Bonchev–Trinajstić information content (AvgIpc) is 3.12. The van der Waals surface area contributed by atoms with Crippen molar-refractivity contribution in [1.82, 2.24) is 20.2 Å². The van der Waals surface area contributed by atoms with Crippen LogP contribution in [-0.4, -0.2) is 37.9 Å². The summed E-state index contributed by atoms with van der Waals surface area (Å²) < 4.78 is 7.14. The molecule has 7 heteroatoms. The molecule has 1 aliphatic rings. The summed E-state index contributed by atoms with van der Waals surface area (Å²) in [6, 6.07) is 7.47. The third kappa shape index (κ3) is 2.46. The van der Waals surface area contributed by atoms with Crippen molar-refractivity contribution in [3.63, 3.8) is 0 Å². The van der Waals surface area contributed by atoms with Gasteiger partial charge in [0.05, 0.1) is 24.1 Å². The Bertz CT molecular complexity index is 664. The molecular weight excluding hydrogens is 272 g/mol. The summed E-state index contributed by atoms with van der Waals surface area (Å²) in [6.45, 7) is 2.73. The Morgan fingerprint density at radius 1 is 1.43 bits per heavy atom. The van der Waals surface area contributed by atoms with Gasteiger partial charge >= 0.3 is 5.97 Å². The fraction of sp³-hybridized carbons (Fsp3) is 0.429. The van der Waals surface area contributed by atoms with E-state index in [-0.39, 0.29) is 6.54 Å². The van der Waals surface area contributed by atoms with Gasteiger partial charge in [-0.1, -0.05) is 12.1 Å². The van der Waals surface area contributed by atoms with Crippen molar-refractivity contribution in [1.29, 1.82) is 0 Å². The highest BCUT2D eigenvalue weighted by Crippen LogP contribution is 2.47. The van der Waals surface area contributed by atoms with Gasteiger partial charge in [0.15, 0.2) is 5.82 Å². The van der Waals surface area contributed by atoms with Crippen molar-refractivity contribution in [3.05, 3.63) is 24.3 Å². The summed E-state index contributed by atoms with van der Waals surface area (Å²) in [6.07, 6.45) is 1.32. The topological polar surface area (TPSA) is 90.1 Å². The van der Waals surface area contributed by atoms with E-state index in [0.29, 0.717) is 31.0 Å². The first-order valence-corrected chi connectivity index (χ1v) is 6.88. The zero-order valence-corrected chi connectivity index (χ0v) is 11.7. The highest BCUT2D eigenvalue weighted by atomic mass is 16.5. The predicted molar refractivity (Wildman–Crippen MR) is 73.7 cm³/mol. The minimum atomic E-state index is -0.790. The lowest BCUT2D eigenvalue weighted by Gasteiger charge is -2.12. The van der Waals surface area contributed by atoms with Gasteiger partial charge in [-0.3, -0.25) is 4.79 Å². The lowest BCUT2D eigenvalue weighted by molar-refractivity contribution is -0.144. The lowest BCUT2D eigenvalue weighted by atomic mass is 10.1. The van der Waals surface area contributed by atoms with Crippen LogP contribution >= 0.6 is 0 Å². The molecular formula is C14H16N4O3. The first-order chi connectivity index (χ1) is 10.2. The molecule has 0 atom stereocenters. The molecule has 0 saturated heterocycles. The van der Waals surface area contributed by atoms with Crippen LogP contribution in [0.2, 0.25) is 0 Å². The molecule has 1 fully saturated rings. The molecule has 0 amide bonds. The van der Waals surface area contributed by atoms with Crippen LogP contribution in [-0.2, 0) is 11.3 Å². The molecule has 3 rings (SSSR count). The van der Waals surface area contributed by atoms with Gasteiger partial charge in [0.1, 0.15) is 5.75 Å². The second kappa shape index (κ2) is 5.16. The van der Waals surface area contributed by atoms with Crippen molar-refractivity contribution in [2.75, 3.05) is 6.61 Å². The maximum Gasteiger partial charge on any atom is 0.311 e. The largest absolute Gasteiger partial charge is 0.493 e. The maximum absolute atomic E-state index is 11.3. The Morgan fingerprint density at radius 2 is 2.19 bits per heavy atom. The molecule has 1 aromatic heterocycles. The lowest BCUT2D eigenvalue weighted by Crippen LogP contribution is -2.22. The first-order valence-electron chi connectivity index (χ1n) is 6.88. The molecule has 0 bridgehead atoms. The number of ether oxygens (including phenoxy) is 1. The second-order valence-corrected chi connectivity index (χ2v) is 5.17. The third-order valence-corrected chi connectivity index (χ3v) is 3.72. The van der Waals surface area contributed by atoms with E-state index < -0.39 is 11.4 Å². The summed E-state index contributed by atoms with van der Waals surface area (Å²) in [5, 5.41) is 20.9. The van der Waals surface area contributed by atoms with Gasteiger partial charge in [-0.2, -0.15) is 0 Å². The predicted octanol–water partition coefficient (Wildman–Crippen LogP) is 1.60. The number of rotatable bonds is 6. The van der Waals surface area contributed by atoms with E-state index in [2.05, 4.69) is 15.5 Å². The van der Waals surface area contributed by atoms with E-state index in [1.807, 2.05) is 31.2 Å². The van der Waals surface area contributed by atoms with Crippen molar-refractivity contribution in [2.45, 2.75) is 26.3 Å². The summed E-state index contributed by atoms with van der Waals surface area (Å²) in [5.41, 5.74) is 0.0514. The first kappa shape index (κ1) is 13.5. The van der Waals surface area contributed by atoms with Crippen LogP contribution in [0.3, 0.4) is 0 Å². The van der Waals surface area contributed by atoms with Gasteiger partial charge < -0.3 is 9.84 Å². The number of aliphatic carboxylic acids is 1. The zero-order chi connectivity index (χ0) is 14.9. The number of hydrogen-bond acceptors (Lipinski definition) is 5. The molecule has 1 heterocycles. The van der Waals surface area contributed by atoms with Crippen LogP contribution in [0.25, 0.3) is 11.4 Å². The molecule has 110 valence electrons. The normalized spacial score (nSPS) is 15.7. The second-order valence-electron chi connectivity index (χ2n) is 5.17. The molecule has 1 aromatic carbocycles. The molecule has 0 unspecified atom stereocenters. The van der Waals surface area contributed by atoms with Crippen LogP contribution in [0.5, 0.6) is 5.75 Å². The molecule has 1 saturated carbocycles. The van der Waals surface area contributed by atoms with E-state index in [4.69, 9.17) is 4.74 Å². The molecule has 2 aromatic rings. The number of carboxylic acids is 1. The van der Waals surface area contributed by atoms with Crippen molar-refractivity contribution in [2.24, 2.45) is 5.41 Å². The summed E-state index contributed by atoms with van der Waals surface area (Å²) >= 11 is 0. The fourth-order valence-electron chi connectivity index (χ4n) is 2.31. The van der Waals surface area contributed by atoms with Gasteiger partial charge in [-0.05, 0) is 42.3 Å². The number of para-hydroxylation sites is 1. The Morgan fingerprint density at radius 3 is 2.86 bits per heavy atom. The molecule has 1 aliphatic carbocycles. The van der Waals surface area contributed by atoms with Gasteiger partial charge in [-0.25, -0.2) is 4.68 Å². The number of carboxylic acid groups (broad SMARTS) is 1. The molecule has 7 nitrogen and oxygen atoms in total. The average molecular weight is 288 g/mol. The Balaban J connectivity index is 1.94. The highest BCUT2D eigenvalue weighted by Gasteiger charge is 2.51. The molecule has 0 aliphatic heterocycles. The fourth-order valence-corrected chi connectivity index (χ4v) is 2.31. The monoisotopic (exact) mass is 288 g/mol. The van der Waals surface area contributed by atoms with Crippen LogP contribution in [0.1, 0.15) is 19.8 Å². The summed E-state index contributed by atoms with van der Waals surface area (Å²) in [5.74, 6) is 0.435. The number of carbonyl (C=O) groups is 1. The maximum atomic E-state index is 11.3. The molecule has 21 heavy (non-hydrogen) atoms. The number of nitrogens with zero attached hydrogens (tertiary/aromatic N) is 4. The van der Waals surface area contributed by atoms with Crippen LogP contribution < -0.4 is 4.74 Å². The minimum absolute atomic E-state index is 0.283. The van der Waals surface area contributed by atoms with Crippen LogP contribution in [0.15, 0.2) is 24.3 Å². The standard InChI is InChI=1S/C14H16N4O3/c1-2-21-11-6-4-3-5-10(11)12-15-16-17-18(12)9-14(7-8-14)13(19)20/h3-6H,2,7-9H2,1H3,(H,19,20). The van der Waals surface area contributed by atoms with E-state index in [0.717, 1.165) is 5.56 Å². The van der Waals surface area contributed by atoms with E-state index in [1.165, 1.54) is 0 Å². The Kier molecular flexibility index (Phi) is 3.32. The van der Waals surface area contributed by atoms with Crippen molar-refractivity contribution >= 4 is 5.97 Å². The third-order valence-electron chi connectivity index (χ3n) is 3.72. The zero-order valence-electron chi connectivity index (χ0n) is 11.7. The quantitative estimate of drug-likeness (QED) is 0.868. The SMILES string of the molecule is CCOc1ccccc1-c1nnnn1CC1(C(=O)O)CC1. The number of aromatic nitrogens is 4. The molecule has 0 radical (unpaired) electrons. The number of tetrazole rings is 1. The van der Waals surface area contributed by atoms with E-state index in [9.17, 15) is 9.90 Å². The van der Waals surface area contributed by atoms with Gasteiger partial charge in [0.25, 0.3) is 0 Å². The van der Waals surface area contributed by atoms with E-state index in [1.54, 1.807) is 4.68 Å². The van der Waals surface area contributed by atoms with Crippen LogP contribution in [0, 0.1) is 5.41 Å². The molecule has 1 N–H and O–H groups in total. The van der Waals surface area contributed by atoms with E-state index >= 15 is 0 Å². The minimum Gasteiger partial charge on any atom is -0.493 e. The van der Waals surface area contributed by atoms with Gasteiger partial charge in [0, 0.05) is 0 Å². The molecule has 0 spiro atoms. The van der Waals surface area contributed by atoms with Crippen molar-refractivity contribution in [3.8, 4) is 17.1 Å². The number of benzene rings is 1. The Labute approximate surface area is 121 Å². The van der Waals surface area contributed by atoms with Crippen molar-refractivity contribution < 1.29 is 14.6 Å². The smallest absolute Gasteiger partial charge is 0.311 e. The van der Waals surface area contributed by atoms with Gasteiger partial charge in [0.2, 0.25) is 0 Å². The van der Waals surface area contributed by atoms with Crippen LogP contribution in [0.4, 0.5) is 0 Å². The summed E-state index contributed by atoms with van der Waals surface area (Å²) in [4.78, 5) is 11.3. The Hall–Kier alpha value is -2.44. The number of hydrogen-bond donors (Lipinski definition) is 1. The summed E-state index contributed by atoms with van der Waals surface area (Å²) in [7, 11) is 0.